The zero-order valence-corrected chi connectivity index (χ0v) is 44.8. The van der Waals surface area contributed by atoms with Crippen molar-refractivity contribution in [2.24, 2.45) is 45.9 Å². The molecule has 3 aromatic rings. The number of guanidine groups is 6. The van der Waals surface area contributed by atoms with E-state index in [0.717, 1.165) is 0 Å². The van der Waals surface area contributed by atoms with Crippen LogP contribution in [0.3, 0.4) is 0 Å². The number of benzene rings is 3. The molecular formula is C48H75N25O9. The summed E-state index contributed by atoms with van der Waals surface area (Å²) in [5, 5.41) is 73.8. The van der Waals surface area contributed by atoms with Crippen LogP contribution in [0.4, 0.5) is 17.1 Å². The molecule has 0 spiro atoms. The van der Waals surface area contributed by atoms with Gasteiger partial charge in [-0.1, -0.05) is 0 Å². The highest BCUT2D eigenvalue weighted by atomic mass is 16.5. The molecule has 0 unspecified atom stereocenters. The number of anilines is 3. The van der Waals surface area contributed by atoms with Gasteiger partial charge in [-0.3, -0.25) is 61.2 Å². The highest BCUT2D eigenvalue weighted by Crippen LogP contribution is 2.27. The molecule has 82 heavy (non-hydrogen) atoms. The molecule has 0 aliphatic carbocycles. The predicted octanol–water partition coefficient (Wildman–Crippen LogP) is -4.10. The highest BCUT2D eigenvalue weighted by molar-refractivity contribution is 6.06. The molecule has 0 aliphatic rings. The molecule has 0 bridgehead atoms. The van der Waals surface area contributed by atoms with Crippen molar-refractivity contribution in [3.63, 3.8) is 0 Å². The van der Waals surface area contributed by atoms with Crippen molar-refractivity contribution in [2.45, 2.75) is 56.7 Å². The second kappa shape index (κ2) is 34.4. The van der Waals surface area contributed by atoms with Gasteiger partial charge < -0.3 is 119 Å². The summed E-state index contributed by atoms with van der Waals surface area (Å²) in [5.74, 6) is -6.58. The van der Waals surface area contributed by atoms with Crippen molar-refractivity contribution in [2.75, 3.05) is 75.0 Å². The number of nitrogens with one attached hydrogen (secondary N) is 17. The van der Waals surface area contributed by atoms with Gasteiger partial charge in [-0.25, -0.2) is 0 Å². The van der Waals surface area contributed by atoms with E-state index in [4.69, 9.17) is 92.5 Å². The summed E-state index contributed by atoms with van der Waals surface area (Å²) in [6.07, 6.45) is 0.905. The molecular weight excluding hydrogens is 1070 g/mol. The number of rotatable bonds is 35. The van der Waals surface area contributed by atoms with Gasteiger partial charge >= 0.3 is 0 Å². The summed E-state index contributed by atoms with van der Waals surface area (Å²) in [4.78, 5) is 82.8. The number of hydrogen-bond acceptors (Lipinski definition) is 16. The lowest BCUT2D eigenvalue weighted by molar-refractivity contribution is -0.118. The molecule has 33 N–H and O–H groups in total. The normalized spacial score (nSPS) is 11.5. The van der Waals surface area contributed by atoms with Crippen LogP contribution in [0.2, 0.25) is 0 Å². The number of hydrogen-bond donors (Lipinski definition) is 25. The number of nitrogens with two attached hydrogens (primary N) is 8. The molecule has 34 heteroatoms. The van der Waals surface area contributed by atoms with E-state index >= 15 is 0 Å². The van der Waals surface area contributed by atoms with Gasteiger partial charge in [0, 0.05) is 36.7 Å². The van der Waals surface area contributed by atoms with Crippen molar-refractivity contribution in [3.8, 4) is 17.2 Å². The molecule has 0 radical (unpaired) electrons. The topological polar surface area (TPSA) is 614 Å². The first-order valence-electron chi connectivity index (χ1n) is 25.3. The number of carbonyl (C=O) groups is 6. The maximum atomic E-state index is 14.4. The van der Waals surface area contributed by atoms with Crippen molar-refractivity contribution >= 4 is 88.3 Å². The lowest BCUT2D eigenvalue weighted by Gasteiger charge is -2.22. The smallest absolute Gasteiger partial charge is 0.255 e. The first kappa shape index (κ1) is 65.7. The SMILES string of the molecule is N=C(N)NCCC[C@@H](N)C(=O)Nc1ccc(OCCNC(=N)N)c(C(=O)N[C@H](CCCNC(=N)N)C(=O)Nc2ccc(OCCNC(=N)N)c(C(=O)N[C@H](CCCNC(=N)N)C(=O)Nc3ccc(OCCNC(=N)N)c(C(N)=O)c3)c2)c1. The third-order valence-corrected chi connectivity index (χ3v) is 11.1. The van der Waals surface area contributed by atoms with E-state index in [-0.39, 0.29) is 171 Å². The van der Waals surface area contributed by atoms with E-state index < -0.39 is 53.6 Å². The minimum absolute atomic E-state index is 0.00391. The lowest BCUT2D eigenvalue weighted by Crippen LogP contribution is -2.45. The van der Waals surface area contributed by atoms with E-state index in [9.17, 15) is 28.8 Å². The fourth-order valence-corrected chi connectivity index (χ4v) is 7.23. The molecule has 0 aromatic heterocycles. The average molecular weight is 1150 g/mol. The Labute approximate surface area is 471 Å². The van der Waals surface area contributed by atoms with Crippen molar-refractivity contribution < 1.29 is 43.0 Å². The number of carbonyl (C=O) groups excluding carboxylic acids is 6. The summed E-state index contributed by atoms with van der Waals surface area (Å²) in [7, 11) is 0. The van der Waals surface area contributed by atoms with Gasteiger partial charge in [-0.05, 0) is 93.1 Å². The van der Waals surface area contributed by atoms with Gasteiger partial charge in [-0.2, -0.15) is 0 Å². The minimum Gasteiger partial charge on any atom is -0.491 e. The quantitative estimate of drug-likeness (QED) is 0.0151. The highest BCUT2D eigenvalue weighted by Gasteiger charge is 2.28. The maximum Gasteiger partial charge on any atom is 0.255 e. The zero-order valence-electron chi connectivity index (χ0n) is 44.8. The van der Waals surface area contributed by atoms with E-state index in [1.165, 1.54) is 54.6 Å². The van der Waals surface area contributed by atoms with Crippen molar-refractivity contribution in [1.29, 1.82) is 32.5 Å². The lowest BCUT2D eigenvalue weighted by atomic mass is 10.1. The third kappa shape index (κ3) is 24.8. The number of amides is 6. The molecule has 3 atom stereocenters. The number of primary amides is 1. The average Bonchev–Trinajstić information content (AvgIpc) is 3.43. The summed E-state index contributed by atoms with van der Waals surface area (Å²) < 4.78 is 17.4. The molecule has 6 amide bonds. The molecule has 0 aliphatic heterocycles. The zero-order chi connectivity index (χ0) is 60.7. The molecule has 3 aromatic carbocycles. The van der Waals surface area contributed by atoms with Gasteiger partial charge in [0.05, 0.1) is 42.4 Å². The van der Waals surface area contributed by atoms with Crippen LogP contribution >= 0.6 is 0 Å². The monoisotopic (exact) mass is 1150 g/mol. The van der Waals surface area contributed by atoms with Crippen LogP contribution in [0.25, 0.3) is 0 Å². The largest absolute Gasteiger partial charge is 0.491 e. The Morgan fingerprint density at radius 3 is 1.02 bits per heavy atom. The Bertz CT molecular complexity index is 2780. The standard InChI is InChI=1S/C48H75N25O9/c49-31(4-1-13-63-43(51)52)40(77)69-26-8-11-35(81-20-17-67-47(59)60)29(23-26)38(75)73-33(6-3-15-65-45(55)56)42(79)71-27-9-12-36(82-21-18-68-48(61)62)30(24-27)39(76)72-32(5-2-14-64-44(53)54)41(78)70-25-7-10-34(28(22-25)37(50)74)80-19-16-66-46(57)58/h7-12,22-24,31-33H,1-6,13-21,49H2,(H2,50,74)(H,69,77)(H,70,78)(H,71,79)(H,72,76)(H,73,75)(H4,51,52,63)(H4,53,54,64)(H4,55,56,65)(H4,57,58,66)(H4,59,60,67)(H4,61,62,68)/t31-,32-,33-/m1/s1. The summed E-state index contributed by atoms with van der Waals surface area (Å²) in [5.41, 5.74) is 44.0. The van der Waals surface area contributed by atoms with Gasteiger partial charge in [0.25, 0.3) is 17.7 Å². The molecule has 34 nitrogen and oxygen atoms in total. The van der Waals surface area contributed by atoms with E-state index in [0.29, 0.717) is 13.0 Å². The van der Waals surface area contributed by atoms with Gasteiger partial charge in [0.1, 0.15) is 49.2 Å². The maximum absolute atomic E-state index is 14.4. The van der Waals surface area contributed by atoms with Crippen LogP contribution in [0.5, 0.6) is 17.2 Å². The van der Waals surface area contributed by atoms with E-state index in [2.05, 4.69) is 58.5 Å². The van der Waals surface area contributed by atoms with Gasteiger partial charge in [-0.15, -0.1) is 0 Å². The van der Waals surface area contributed by atoms with Crippen LogP contribution in [0, 0.1) is 32.5 Å². The second-order valence-electron chi connectivity index (χ2n) is 17.6. The molecule has 0 saturated heterocycles. The van der Waals surface area contributed by atoms with E-state index in [1.54, 1.807) is 0 Å². The van der Waals surface area contributed by atoms with Gasteiger partial charge in [0.2, 0.25) is 17.7 Å². The molecule has 0 fully saturated rings. The van der Waals surface area contributed by atoms with E-state index in [1.807, 2.05) is 0 Å². The van der Waals surface area contributed by atoms with Crippen molar-refractivity contribution in [1.82, 2.24) is 42.5 Å². The Balaban J connectivity index is 2.01. The Morgan fingerprint density at radius 2 is 0.695 bits per heavy atom. The molecule has 446 valence electrons. The Kier molecular flexibility index (Phi) is 27.6. The third-order valence-electron chi connectivity index (χ3n) is 11.1. The Hall–Kier alpha value is -10.5. The fourth-order valence-electron chi connectivity index (χ4n) is 7.23. The van der Waals surface area contributed by atoms with Crippen LogP contribution < -0.4 is 119 Å². The fraction of sp³-hybridized carbons (Fsp3) is 0.375. The molecule has 0 saturated carbocycles. The minimum atomic E-state index is -1.34. The summed E-state index contributed by atoms with van der Waals surface area (Å²) >= 11 is 0. The first-order valence-corrected chi connectivity index (χ1v) is 25.3. The van der Waals surface area contributed by atoms with Crippen LogP contribution in [-0.4, -0.2) is 148 Å². The molecule has 3 rings (SSSR count). The van der Waals surface area contributed by atoms with Crippen LogP contribution in [0.15, 0.2) is 54.6 Å². The number of ether oxygens (including phenoxy) is 3. The van der Waals surface area contributed by atoms with Crippen LogP contribution in [-0.2, 0) is 14.4 Å². The second-order valence-corrected chi connectivity index (χ2v) is 17.6. The Morgan fingerprint density at radius 1 is 0.402 bits per heavy atom. The molecule has 0 heterocycles. The van der Waals surface area contributed by atoms with Gasteiger partial charge in [0.15, 0.2) is 35.8 Å². The van der Waals surface area contributed by atoms with Crippen molar-refractivity contribution in [3.05, 3.63) is 71.3 Å². The summed E-state index contributed by atoms with van der Waals surface area (Å²) in [6.45, 7) is 0.554. The first-order chi connectivity index (χ1) is 38.9. The predicted molar refractivity (Wildman–Crippen MR) is 308 cm³/mol. The summed E-state index contributed by atoms with van der Waals surface area (Å²) in [6, 6.07) is 8.63. The van der Waals surface area contributed by atoms with Crippen LogP contribution in [0.1, 0.15) is 69.6 Å².